The number of carbonyl (C=O) groups excluding carboxylic acids is 1. The van der Waals surface area contributed by atoms with Crippen LogP contribution in [0.1, 0.15) is 78.1 Å². The Kier molecular flexibility index (Phi) is 7.40. The molecule has 10 nitrogen and oxygen atoms in total. The van der Waals surface area contributed by atoms with E-state index in [0.29, 0.717) is 45.1 Å². The van der Waals surface area contributed by atoms with Gasteiger partial charge >= 0.3 is 5.97 Å². The van der Waals surface area contributed by atoms with Crippen molar-refractivity contribution in [2.45, 2.75) is 120 Å². The minimum absolute atomic E-state index is 0.00933. The third-order valence-electron chi connectivity index (χ3n) is 12.1. The lowest BCUT2D eigenvalue weighted by molar-refractivity contribution is -0.282. The fourth-order valence-corrected chi connectivity index (χ4v) is 10.0. The molecule has 2 aliphatic heterocycles. The maximum Gasteiger partial charge on any atom is 0.331 e. The molecule has 4 N–H and O–H groups in total. The van der Waals surface area contributed by atoms with Gasteiger partial charge in [0.05, 0.1) is 35.6 Å². The summed E-state index contributed by atoms with van der Waals surface area (Å²) in [5.74, 6) is -0.282. The molecule has 0 aromatic heterocycles. The van der Waals surface area contributed by atoms with E-state index in [-0.39, 0.29) is 42.8 Å². The number of aliphatic hydroxyl groups is 4. The van der Waals surface area contributed by atoms with E-state index >= 15 is 0 Å². The van der Waals surface area contributed by atoms with Crippen LogP contribution in [0.25, 0.3) is 0 Å². The second-order valence-electron chi connectivity index (χ2n) is 13.8. The number of fused-ring (bicyclic) bond motifs is 5. The van der Waals surface area contributed by atoms with Crippen molar-refractivity contribution in [3.63, 3.8) is 0 Å². The van der Waals surface area contributed by atoms with Crippen molar-refractivity contribution < 1.29 is 39.4 Å². The Bertz CT molecular complexity index is 1140. The van der Waals surface area contributed by atoms with Crippen molar-refractivity contribution in [1.29, 1.82) is 5.26 Å². The van der Waals surface area contributed by atoms with Crippen LogP contribution >= 0.6 is 0 Å². The van der Waals surface area contributed by atoms with Gasteiger partial charge in [-0.25, -0.2) is 4.79 Å². The van der Waals surface area contributed by atoms with Gasteiger partial charge in [0.25, 0.3) is 0 Å². The van der Waals surface area contributed by atoms with Crippen molar-refractivity contribution in [3.8, 4) is 6.07 Å². The number of nitrogens with zero attached hydrogens (tertiary/aromatic N) is 2. The topological polar surface area (TPSA) is 162 Å². The Morgan fingerprint density at radius 3 is 2.63 bits per heavy atom. The number of hydrogen-bond donors (Lipinski definition) is 4. The molecule has 226 valence electrons. The van der Waals surface area contributed by atoms with Crippen molar-refractivity contribution in [2.24, 2.45) is 33.6 Å². The van der Waals surface area contributed by atoms with E-state index in [1.807, 2.05) is 6.21 Å². The van der Waals surface area contributed by atoms with Crippen molar-refractivity contribution >= 4 is 12.2 Å². The van der Waals surface area contributed by atoms with Crippen molar-refractivity contribution in [2.75, 3.05) is 13.2 Å². The SMILES string of the molecule is C[C@@H]1O[C@H](O[C@H]2CC[C@]3(C=NCC#N)[C@H]4CC[C@]5(C)[C@@H](C6=CC(=O)OC6)CC[C@]5(O)[C@@H]4CC[C@]3(O)C2)C[C@@H](O)[C@@H]1O. The molecule has 6 rings (SSSR count). The van der Waals surface area contributed by atoms with Gasteiger partial charge in [0, 0.05) is 36.0 Å². The second-order valence-corrected chi connectivity index (χ2v) is 13.8. The first-order valence-corrected chi connectivity index (χ1v) is 15.3. The van der Waals surface area contributed by atoms with Crippen LogP contribution in [0.3, 0.4) is 0 Å². The zero-order chi connectivity index (χ0) is 29.2. The van der Waals surface area contributed by atoms with Gasteiger partial charge in [-0.3, -0.25) is 4.99 Å². The maximum absolute atomic E-state index is 12.5. The molecule has 1 saturated heterocycles. The summed E-state index contributed by atoms with van der Waals surface area (Å²) in [5.41, 5.74) is -2.19. The lowest BCUT2D eigenvalue weighted by atomic mass is 9.41. The van der Waals surface area contributed by atoms with Gasteiger partial charge < -0.3 is 34.6 Å². The highest BCUT2D eigenvalue weighted by Gasteiger charge is 2.71. The summed E-state index contributed by atoms with van der Waals surface area (Å²) in [4.78, 5) is 16.4. The first kappa shape index (κ1) is 29.2. The third-order valence-corrected chi connectivity index (χ3v) is 12.1. The van der Waals surface area contributed by atoms with Crippen molar-refractivity contribution in [3.05, 3.63) is 11.6 Å². The molecule has 0 unspecified atom stereocenters. The molecule has 4 saturated carbocycles. The molecule has 0 aromatic carbocycles. The first-order chi connectivity index (χ1) is 19.5. The molecule has 6 aliphatic rings. The fourth-order valence-electron chi connectivity index (χ4n) is 10.0. The molecule has 5 fully saturated rings. The van der Waals surface area contributed by atoms with Gasteiger partial charge in [0.15, 0.2) is 6.29 Å². The number of cyclic esters (lactones) is 1. The number of carbonyl (C=O) groups is 1. The summed E-state index contributed by atoms with van der Waals surface area (Å²) in [7, 11) is 0. The highest BCUT2D eigenvalue weighted by molar-refractivity contribution is 5.85. The highest BCUT2D eigenvalue weighted by atomic mass is 16.7. The number of esters is 1. The molecule has 2 heterocycles. The van der Waals surface area contributed by atoms with Gasteiger partial charge in [-0.05, 0) is 81.6 Å². The summed E-state index contributed by atoms with van der Waals surface area (Å²) < 4.78 is 17.3. The molecule has 0 radical (unpaired) electrons. The zero-order valence-corrected chi connectivity index (χ0v) is 24.1. The van der Waals surface area contributed by atoms with E-state index in [9.17, 15) is 30.5 Å². The molecular formula is C31H44N2O8. The Labute approximate surface area is 241 Å². The molecule has 0 aromatic rings. The fraction of sp³-hybridized carbons (Fsp3) is 0.839. The average Bonchev–Trinajstić information content (AvgIpc) is 3.47. The molecule has 0 bridgehead atoms. The van der Waals surface area contributed by atoms with Crippen LogP contribution in [0.15, 0.2) is 16.6 Å². The van der Waals surface area contributed by atoms with Gasteiger partial charge in [0.1, 0.15) is 19.3 Å². The predicted octanol–water partition coefficient (Wildman–Crippen LogP) is 2.17. The number of aliphatic hydroxyl groups excluding tert-OH is 2. The summed E-state index contributed by atoms with van der Waals surface area (Å²) >= 11 is 0. The summed E-state index contributed by atoms with van der Waals surface area (Å²) in [6.07, 6.45) is 5.97. The molecule has 0 amide bonds. The van der Waals surface area contributed by atoms with Crippen LogP contribution in [0.2, 0.25) is 0 Å². The van der Waals surface area contributed by atoms with Gasteiger partial charge in [-0.15, -0.1) is 0 Å². The van der Waals surface area contributed by atoms with E-state index in [2.05, 4.69) is 18.0 Å². The normalized spacial score (nSPS) is 51.3. The number of hydrogen-bond acceptors (Lipinski definition) is 10. The third kappa shape index (κ3) is 4.42. The lowest BCUT2D eigenvalue weighted by Crippen LogP contribution is -2.69. The Morgan fingerprint density at radius 1 is 1.15 bits per heavy atom. The molecule has 10 heteroatoms. The Balaban J connectivity index is 1.26. The highest BCUT2D eigenvalue weighted by Crippen LogP contribution is 2.70. The van der Waals surface area contributed by atoms with Crippen LogP contribution in [0.5, 0.6) is 0 Å². The van der Waals surface area contributed by atoms with Gasteiger partial charge in [-0.2, -0.15) is 5.26 Å². The Morgan fingerprint density at radius 2 is 1.93 bits per heavy atom. The molecule has 0 spiro atoms. The minimum atomic E-state index is -1.13. The standard InChI is InChI=1S/C31H44N2O8/c1-18-27(36)24(34)14-26(40-18)41-20-3-8-29(17-33-12-11-32)22-4-7-28(2)21(19-13-25(35)39-16-19)6-10-31(28,38)23(22)5-9-30(29,37)15-20/h13,17-18,20-24,26-27,34,36-38H,3-10,12,14-16H2,1-2H3/t18-,20-,21+,22-,23+,24+,26+,27+,28+,29-,30-,31-/m0/s1. The lowest BCUT2D eigenvalue weighted by Gasteiger charge is -2.66. The molecule has 12 atom stereocenters. The number of aliphatic imine (C=N–C) groups is 1. The zero-order valence-electron chi connectivity index (χ0n) is 24.1. The van der Waals surface area contributed by atoms with Crippen LogP contribution in [-0.4, -0.2) is 87.7 Å². The second kappa shape index (κ2) is 10.4. The van der Waals surface area contributed by atoms with E-state index in [1.54, 1.807) is 13.0 Å². The van der Waals surface area contributed by atoms with E-state index < -0.39 is 46.6 Å². The maximum atomic E-state index is 12.5. The average molecular weight is 573 g/mol. The number of rotatable bonds is 5. The quantitative estimate of drug-likeness (QED) is 0.167. The minimum Gasteiger partial charge on any atom is -0.458 e. The van der Waals surface area contributed by atoms with Crippen LogP contribution in [0, 0.1) is 39.9 Å². The van der Waals surface area contributed by atoms with Crippen LogP contribution < -0.4 is 0 Å². The Hall–Kier alpha value is -1.87. The summed E-state index contributed by atoms with van der Waals surface area (Å²) in [6.45, 7) is 4.19. The predicted molar refractivity (Wildman–Crippen MR) is 146 cm³/mol. The van der Waals surface area contributed by atoms with Crippen molar-refractivity contribution in [1.82, 2.24) is 0 Å². The number of ether oxygens (including phenoxy) is 3. The monoisotopic (exact) mass is 572 g/mol. The molecule has 41 heavy (non-hydrogen) atoms. The largest absolute Gasteiger partial charge is 0.458 e. The van der Waals surface area contributed by atoms with E-state index in [1.165, 1.54) is 0 Å². The number of nitriles is 1. The first-order valence-electron chi connectivity index (χ1n) is 15.3. The van der Waals surface area contributed by atoms with Crippen LogP contribution in [0.4, 0.5) is 0 Å². The summed E-state index contributed by atoms with van der Waals surface area (Å²) in [5, 5.41) is 54.5. The smallest absolute Gasteiger partial charge is 0.331 e. The van der Waals surface area contributed by atoms with Gasteiger partial charge in [0.2, 0.25) is 0 Å². The van der Waals surface area contributed by atoms with Crippen LogP contribution in [-0.2, 0) is 19.0 Å². The molecule has 4 aliphatic carbocycles. The van der Waals surface area contributed by atoms with Gasteiger partial charge in [-0.1, -0.05) is 6.92 Å². The molecular weight excluding hydrogens is 528 g/mol. The summed E-state index contributed by atoms with van der Waals surface area (Å²) in [6, 6.07) is 2.09. The van der Waals surface area contributed by atoms with E-state index in [0.717, 1.165) is 24.8 Å². The van der Waals surface area contributed by atoms with E-state index in [4.69, 9.17) is 14.2 Å².